The zero-order chi connectivity index (χ0) is 25.3. The molecule has 10 heteroatoms. The Kier molecular flexibility index (Phi) is 9.49. The van der Waals surface area contributed by atoms with E-state index < -0.39 is 30.9 Å². The molecule has 0 aromatic heterocycles. The average molecular weight is 467 g/mol. The van der Waals surface area contributed by atoms with Crippen LogP contribution in [0, 0.1) is 11.8 Å². The van der Waals surface area contributed by atoms with Crippen molar-refractivity contribution < 1.29 is 44.2 Å². The van der Waals surface area contributed by atoms with Crippen LogP contribution in [0.15, 0.2) is 18.2 Å². The Morgan fingerprint density at radius 1 is 1.21 bits per heavy atom. The van der Waals surface area contributed by atoms with Crippen LogP contribution >= 0.6 is 0 Å². The van der Waals surface area contributed by atoms with Gasteiger partial charge in [0.25, 0.3) is 12.9 Å². The number of carbonyl (C=O) groups excluding carboxylic acids is 4. The van der Waals surface area contributed by atoms with Crippen molar-refractivity contribution in [1.29, 1.82) is 0 Å². The fourth-order valence-corrected chi connectivity index (χ4v) is 3.58. The molecule has 0 unspecified atom stereocenters. The molecular weight excluding hydrogens is 434 g/mol. The van der Waals surface area contributed by atoms with Crippen LogP contribution in [0.1, 0.15) is 47.5 Å². The minimum Gasteiger partial charge on any atom is -0.465 e. The van der Waals surface area contributed by atoms with Crippen molar-refractivity contribution in [3.05, 3.63) is 23.8 Å². The highest BCUT2D eigenvalue weighted by Crippen LogP contribution is 2.36. The number of hydrogen-bond acceptors (Lipinski definition) is 9. The number of anilines is 1. The SMILES string of the molecule is [2H]C(=O)OCc1ccc(O[C@@H]2O[C@H](COC=O)[C@@H](C)[C@H](C)[C@H]2OC(C)=O)c(NC(=O)CCC)c1. The summed E-state index contributed by atoms with van der Waals surface area (Å²) < 4.78 is 34.1. The Morgan fingerprint density at radius 3 is 2.61 bits per heavy atom. The number of carbonyl (C=O) groups is 4. The first-order chi connectivity index (χ1) is 16.2. The van der Waals surface area contributed by atoms with E-state index in [-0.39, 0.29) is 43.1 Å². The third-order valence-electron chi connectivity index (χ3n) is 5.48. The molecule has 0 bridgehead atoms. The van der Waals surface area contributed by atoms with Crippen molar-refractivity contribution in [3.63, 3.8) is 0 Å². The van der Waals surface area contributed by atoms with E-state index in [1.165, 1.54) is 6.92 Å². The number of nitrogens with one attached hydrogen (secondary N) is 1. The number of ether oxygens (including phenoxy) is 5. The van der Waals surface area contributed by atoms with Crippen molar-refractivity contribution in [2.45, 2.75) is 65.6 Å². The first-order valence-electron chi connectivity index (χ1n) is 11.3. The predicted octanol–water partition coefficient (Wildman–Crippen LogP) is 2.58. The van der Waals surface area contributed by atoms with Crippen molar-refractivity contribution in [2.75, 3.05) is 11.9 Å². The summed E-state index contributed by atoms with van der Waals surface area (Å²) >= 11 is 0. The van der Waals surface area contributed by atoms with Crippen LogP contribution in [0.5, 0.6) is 5.75 Å². The lowest BCUT2D eigenvalue weighted by Crippen LogP contribution is -2.54. The summed E-state index contributed by atoms with van der Waals surface area (Å²) in [5.41, 5.74) is 0.828. The van der Waals surface area contributed by atoms with Crippen LogP contribution in [-0.4, -0.2) is 49.9 Å². The lowest BCUT2D eigenvalue weighted by atomic mass is 9.83. The Labute approximate surface area is 194 Å². The summed E-state index contributed by atoms with van der Waals surface area (Å²) in [6, 6.07) is 4.73. The third-order valence-corrected chi connectivity index (χ3v) is 5.48. The third kappa shape index (κ3) is 7.45. The van der Waals surface area contributed by atoms with Gasteiger partial charge in [0.1, 0.15) is 19.0 Å². The molecule has 1 aromatic rings. The normalized spacial score (nSPS) is 24.7. The maximum atomic E-state index is 12.3. The van der Waals surface area contributed by atoms with Crippen molar-refractivity contribution in [1.82, 2.24) is 0 Å². The van der Waals surface area contributed by atoms with Gasteiger partial charge in [-0.2, -0.15) is 0 Å². The van der Waals surface area contributed by atoms with Crippen LogP contribution < -0.4 is 10.1 Å². The van der Waals surface area contributed by atoms with Crippen LogP contribution in [0.3, 0.4) is 0 Å². The topological polar surface area (TPSA) is 126 Å². The smallest absolute Gasteiger partial charge is 0.303 e. The number of benzene rings is 1. The Morgan fingerprint density at radius 2 is 1.97 bits per heavy atom. The summed E-state index contributed by atoms with van der Waals surface area (Å²) in [5.74, 6) is -0.828. The second-order valence-electron chi connectivity index (χ2n) is 7.88. The molecule has 1 aliphatic heterocycles. The monoisotopic (exact) mass is 466 g/mol. The Balaban J connectivity index is 2.35. The molecule has 10 nitrogen and oxygen atoms in total. The van der Waals surface area contributed by atoms with Crippen LogP contribution in [0.2, 0.25) is 0 Å². The van der Waals surface area contributed by atoms with E-state index in [9.17, 15) is 19.2 Å². The zero-order valence-corrected chi connectivity index (χ0v) is 19.2. The second-order valence-corrected chi connectivity index (χ2v) is 7.88. The summed E-state index contributed by atoms with van der Waals surface area (Å²) in [6.07, 6.45) is -2.58. The summed E-state index contributed by atoms with van der Waals surface area (Å²) in [4.78, 5) is 45.6. The van der Waals surface area contributed by atoms with Gasteiger partial charge < -0.3 is 29.0 Å². The van der Waals surface area contributed by atoms with E-state index >= 15 is 0 Å². The molecule has 0 aliphatic carbocycles. The van der Waals surface area contributed by atoms with Crippen LogP contribution in [0.25, 0.3) is 0 Å². The number of rotatable bonds is 11. The predicted molar refractivity (Wildman–Crippen MR) is 116 cm³/mol. The first kappa shape index (κ1) is 24.5. The molecule has 1 amide bonds. The van der Waals surface area contributed by atoms with Crippen molar-refractivity contribution >= 4 is 30.5 Å². The quantitative estimate of drug-likeness (QED) is 0.297. The fourth-order valence-electron chi connectivity index (χ4n) is 3.58. The highest BCUT2D eigenvalue weighted by Gasteiger charge is 2.45. The van der Waals surface area contributed by atoms with E-state index in [1.807, 2.05) is 20.8 Å². The number of amides is 1. The fraction of sp³-hybridized carbons (Fsp3) is 0.565. The summed E-state index contributed by atoms with van der Waals surface area (Å²) in [5, 5.41) is 2.76. The first-order valence-corrected chi connectivity index (χ1v) is 10.8. The highest BCUT2D eigenvalue weighted by molar-refractivity contribution is 5.92. The second kappa shape index (κ2) is 12.8. The molecule has 0 spiro atoms. The van der Waals surface area contributed by atoms with Crippen molar-refractivity contribution in [3.8, 4) is 5.75 Å². The average Bonchev–Trinajstić information content (AvgIpc) is 2.77. The number of hydrogen-bond donors (Lipinski definition) is 1. The largest absolute Gasteiger partial charge is 0.465 e. The van der Waals surface area contributed by atoms with Gasteiger partial charge in [0.2, 0.25) is 12.2 Å². The van der Waals surface area contributed by atoms with E-state index in [4.69, 9.17) is 25.1 Å². The van der Waals surface area contributed by atoms with Crippen LogP contribution in [0.4, 0.5) is 5.69 Å². The van der Waals surface area contributed by atoms with Gasteiger partial charge >= 0.3 is 5.97 Å². The van der Waals surface area contributed by atoms with Crippen molar-refractivity contribution in [2.24, 2.45) is 11.8 Å². The highest BCUT2D eigenvalue weighted by atomic mass is 16.7. The minimum atomic E-state index is -1.18. The van der Waals surface area contributed by atoms with E-state index in [2.05, 4.69) is 5.32 Å². The van der Waals surface area contributed by atoms with Gasteiger partial charge in [-0.15, -0.1) is 0 Å². The van der Waals surface area contributed by atoms with Gasteiger partial charge in [-0.05, 0) is 30.0 Å². The molecule has 1 fully saturated rings. The lowest BCUT2D eigenvalue weighted by Gasteiger charge is -2.43. The zero-order valence-electron chi connectivity index (χ0n) is 20.2. The molecule has 0 saturated carbocycles. The van der Waals surface area contributed by atoms with Crippen LogP contribution in [-0.2, 0) is 44.7 Å². The minimum absolute atomic E-state index is 0.000813. The maximum absolute atomic E-state index is 12.3. The molecule has 182 valence electrons. The van der Waals surface area contributed by atoms with E-state index in [0.717, 1.165) is 0 Å². The molecule has 2 rings (SSSR count). The van der Waals surface area contributed by atoms with E-state index in [1.54, 1.807) is 18.2 Å². The van der Waals surface area contributed by atoms with Gasteiger partial charge in [-0.1, -0.05) is 26.8 Å². The summed E-state index contributed by atoms with van der Waals surface area (Å²) in [7, 11) is 0. The Hall–Kier alpha value is -3.14. The molecule has 0 radical (unpaired) electrons. The van der Waals surface area contributed by atoms with Gasteiger partial charge in [-0.3, -0.25) is 19.2 Å². The lowest BCUT2D eigenvalue weighted by molar-refractivity contribution is -0.252. The molecule has 5 atom stereocenters. The van der Waals surface area contributed by atoms with Gasteiger partial charge in [0, 0.05) is 19.3 Å². The standard InChI is InChI=1S/C23H31NO9/c1-5-6-21(28)24-18-9-17(10-29-12-25)7-8-19(18)32-23-22(31-16(4)27)15(3)14(2)20(33-23)11-30-13-26/h7-9,12-15,20,22-23H,5-6,10-11H2,1-4H3,(H,24,28)/t14-,15-,20+,22+,23+/m0/s1/i12D. The molecule has 33 heavy (non-hydrogen) atoms. The summed E-state index contributed by atoms with van der Waals surface area (Å²) in [6.45, 7) is 7.11. The molecule has 1 saturated heterocycles. The van der Waals surface area contributed by atoms with E-state index in [0.29, 0.717) is 24.1 Å². The van der Waals surface area contributed by atoms with Gasteiger partial charge in [-0.25, -0.2) is 0 Å². The Bertz CT molecular complexity index is 878. The molecule has 1 heterocycles. The molecule has 1 aromatic carbocycles. The number of esters is 1. The molecule has 1 N–H and O–H groups in total. The molecule has 1 aliphatic rings. The van der Waals surface area contributed by atoms with Gasteiger partial charge in [0.15, 0.2) is 7.47 Å². The van der Waals surface area contributed by atoms with Gasteiger partial charge in [0.05, 0.1) is 11.8 Å². The molecular formula is C23H31NO9. The maximum Gasteiger partial charge on any atom is 0.303 e.